The smallest absolute Gasteiger partial charge is 0.333 e. The van der Waals surface area contributed by atoms with Gasteiger partial charge in [-0.3, -0.25) is 0 Å². The highest BCUT2D eigenvalue weighted by Gasteiger charge is 2.28. The van der Waals surface area contributed by atoms with E-state index in [0.29, 0.717) is 36.2 Å². The zero-order valence-electron chi connectivity index (χ0n) is 17.1. The predicted octanol–water partition coefficient (Wildman–Crippen LogP) is 5.23. The van der Waals surface area contributed by atoms with E-state index >= 15 is 0 Å². The van der Waals surface area contributed by atoms with Crippen LogP contribution in [-0.4, -0.2) is 25.2 Å². The van der Waals surface area contributed by atoms with Crippen molar-refractivity contribution >= 4 is 11.9 Å². The molecule has 0 unspecified atom stereocenters. The summed E-state index contributed by atoms with van der Waals surface area (Å²) in [6.07, 6.45) is 11.0. The first-order valence-corrected chi connectivity index (χ1v) is 10.5. The fraction of sp³-hybridized carbons (Fsp3) is 0.739. The molecule has 0 saturated heterocycles. The molecular weight excluding hydrogens is 340 g/mol. The highest BCUT2D eigenvalue weighted by molar-refractivity contribution is 5.87. The van der Waals surface area contributed by atoms with E-state index in [1.807, 2.05) is 0 Å². The van der Waals surface area contributed by atoms with Gasteiger partial charge in [-0.1, -0.05) is 38.8 Å². The molecule has 0 aromatic carbocycles. The van der Waals surface area contributed by atoms with Gasteiger partial charge in [0, 0.05) is 11.1 Å². The van der Waals surface area contributed by atoms with Gasteiger partial charge in [0.25, 0.3) is 0 Å². The molecular formula is C23H36O4. The molecule has 0 atom stereocenters. The summed E-state index contributed by atoms with van der Waals surface area (Å²) in [6.45, 7) is 11.7. The van der Waals surface area contributed by atoms with Crippen LogP contribution in [0.3, 0.4) is 0 Å². The molecule has 0 amide bonds. The molecule has 2 fully saturated rings. The van der Waals surface area contributed by atoms with Gasteiger partial charge in [0.05, 0.1) is 13.2 Å². The van der Waals surface area contributed by atoms with Crippen LogP contribution in [-0.2, 0) is 19.1 Å². The van der Waals surface area contributed by atoms with Crippen molar-refractivity contribution in [1.82, 2.24) is 0 Å². The molecule has 27 heavy (non-hydrogen) atoms. The quantitative estimate of drug-likeness (QED) is 0.430. The summed E-state index contributed by atoms with van der Waals surface area (Å²) in [4.78, 5) is 23.0. The second-order valence-corrected chi connectivity index (χ2v) is 8.77. The van der Waals surface area contributed by atoms with Gasteiger partial charge in [0.1, 0.15) is 0 Å². The van der Waals surface area contributed by atoms with Crippen LogP contribution >= 0.6 is 0 Å². The summed E-state index contributed by atoms with van der Waals surface area (Å²) in [5.74, 6) is 2.15. The van der Waals surface area contributed by atoms with Gasteiger partial charge in [-0.2, -0.15) is 0 Å². The van der Waals surface area contributed by atoms with E-state index < -0.39 is 0 Å². The molecule has 2 saturated carbocycles. The second kappa shape index (κ2) is 10.7. The number of ether oxygens (including phenoxy) is 2. The third kappa shape index (κ3) is 7.51. The van der Waals surface area contributed by atoms with Crippen LogP contribution in [0, 0.1) is 23.7 Å². The highest BCUT2D eigenvalue weighted by atomic mass is 16.5. The molecule has 0 spiro atoms. The van der Waals surface area contributed by atoms with Crippen LogP contribution in [0.1, 0.15) is 71.6 Å². The summed E-state index contributed by atoms with van der Waals surface area (Å²) in [5.41, 5.74) is 0.961. The number of esters is 2. The minimum atomic E-state index is -0.261. The molecule has 4 nitrogen and oxygen atoms in total. The second-order valence-electron chi connectivity index (χ2n) is 8.77. The molecule has 2 rings (SSSR count). The van der Waals surface area contributed by atoms with Crippen molar-refractivity contribution in [2.75, 3.05) is 13.2 Å². The van der Waals surface area contributed by atoms with Crippen molar-refractivity contribution in [3.05, 3.63) is 24.3 Å². The largest absolute Gasteiger partial charge is 0.462 e. The maximum Gasteiger partial charge on any atom is 0.333 e. The molecule has 0 N–H and O–H groups in total. The Balaban J connectivity index is 1.59. The lowest BCUT2D eigenvalue weighted by molar-refractivity contribution is -0.141. The molecule has 0 aromatic heterocycles. The Morgan fingerprint density at radius 1 is 0.667 bits per heavy atom. The molecule has 4 heteroatoms. The first kappa shape index (κ1) is 21.7. The molecule has 152 valence electrons. The monoisotopic (exact) mass is 376 g/mol. The fourth-order valence-corrected chi connectivity index (χ4v) is 4.37. The molecule has 0 radical (unpaired) electrons. The summed E-state index contributed by atoms with van der Waals surface area (Å²) in [6, 6.07) is 0. The van der Waals surface area contributed by atoms with E-state index in [9.17, 15) is 9.59 Å². The van der Waals surface area contributed by atoms with Crippen molar-refractivity contribution in [3.8, 4) is 0 Å². The van der Waals surface area contributed by atoms with Crippen molar-refractivity contribution in [2.45, 2.75) is 71.6 Å². The van der Waals surface area contributed by atoms with Gasteiger partial charge >= 0.3 is 11.9 Å². The summed E-state index contributed by atoms with van der Waals surface area (Å²) >= 11 is 0. The lowest BCUT2D eigenvalue weighted by Gasteiger charge is -2.34. The Morgan fingerprint density at radius 2 is 0.963 bits per heavy atom. The summed E-state index contributed by atoms with van der Waals surface area (Å²) < 4.78 is 10.6. The van der Waals surface area contributed by atoms with Gasteiger partial charge in [-0.05, 0) is 69.6 Å². The zero-order valence-corrected chi connectivity index (χ0v) is 17.1. The molecule has 0 aromatic rings. The van der Waals surface area contributed by atoms with E-state index in [1.54, 1.807) is 13.8 Å². The Hall–Kier alpha value is -1.58. The van der Waals surface area contributed by atoms with Crippen molar-refractivity contribution < 1.29 is 19.1 Å². The minimum absolute atomic E-state index is 0.261. The topological polar surface area (TPSA) is 52.6 Å². The van der Waals surface area contributed by atoms with Gasteiger partial charge in [-0.15, -0.1) is 0 Å². The van der Waals surface area contributed by atoms with Crippen LogP contribution in [0.5, 0.6) is 0 Å². The number of carbonyl (C=O) groups excluding carboxylic acids is 2. The normalized spacial score (nSPS) is 28.2. The first-order valence-electron chi connectivity index (χ1n) is 10.5. The van der Waals surface area contributed by atoms with Gasteiger partial charge in [0.15, 0.2) is 0 Å². The van der Waals surface area contributed by atoms with Gasteiger partial charge in [0.2, 0.25) is 0 Å². The number of hydrogen-bond acceptors (Lipinski definition) is 4. The third-order valence-electron chi connectivity index (χ3n) is 6.20. The molecule has 0 aliphatic heterocycles. The Kier molecular flexibility index (Phi) is 8.59. The number of carbonyl (C=O) groups is 2. The van der Waals surface area contributed by atoms with Crippen molar-refractivity contribution in [2.24, 2.45) is 23.7 Å². The summed E-state index contributed by atoms with van der Waals surface area (Å²) in [5, 5.41) is 0. The van der Waals surface area contributed by atoms with E-state index in [4.69, 9.17) is 9.47 Å². The van der Waals surface area contributed by atoms with Crippen molar-refractivity contribution in [1.29, 1.82) is 0 Å². The van der Waals surface area contributed by atoms with Crippen LogP contribution in [0.25, 0.3) is 0 Å². The Morgan fingerprint density at radius 3 is 1.26 bits per heavy atom. The molecule has 2 aliphatic carbocycles. The lowest BCUT2D eigenvalue weighted by Crippen LogP contribution is -2.25. The maximum absolute atomic E-state index is 11.5. The van der Waals surface area contributed by atoms with Crippen LogP contribution in [0.15, 0.2) is 24.3 Å². The average molecular weight is 377 g/mol. The molecule has 2 aliphatic rings. The van der Waals surface area contributed by atoms with Crippen LogP contribution in [0.2, 0.25) is 0 Å². The summed E-state index contributed by atoms with van der Waals surface area (Å²) in [7, 11) is 0. The van der Waals surface area contributed by atoms with E-state index in [0.717, 1.165) is 11.8 Å². The average Bonchev–Trinajstić information content (AvgIpc) is 2.66. The Bertz CT molecular complexity index is 487. The molecule has 0 heterocycles. The number of hydrogen-bond donors (Lipinski definition) is 0. The Labute approximate surface area is 164 Å². The van der Waals surface area contributed by atoms with Gasteiger partial charge in [-0.25, -0.2) is 9.59 Å². The fourth-order valence-electron chi connectivity index (χ4n) is 4.37. The standard InChI is InChI=1S/C23H36O4/c1-16(2)22(24)26-14-20-9-5-18(6-10-20)13-19-7-11-21(12-8-19)15-27-23(25)17(3)4/h18-21H,1,3,5-15H2,2,4H3. The predicted molar refractivity (Wildman–Crippen MR) is 107 cm³/mol. The molecule has 0 bridgehead atoms. The first-order chi connectivity index (χ1) is 12.8. The maximum atomic E-state index is 11.5. The lowest BCUT2D eigenvalue weighted by atomic mass is 9.73. The van der Waals surface area contributed by atoms with Crippen LogP contribution in [0.4, 0.5) is 0 Å². The van der Waals surface area contributed by atoms with Gasteiger partial charge < -0.3 is 9.47 Å². The minimum Gasteiger partial charge on any atom is -0.462 e. The van der Waals surface area contributed by atoms with E-state index in [1.165, 1.54) is 57.8 Å². The number of rotatable bonds is 8. The van der Waals surface area contributed by atoms with E-state index in [2.05, 4.69) is 13.2 Å². The zero-order chi connectivity index (χ0) is 19.8. The van der Waals surface area contributed by atoms with Crippen molar-refractivity contribution in [3.63, 3.8) is 0 Å². The van der Waals surface area contributed by atoms with Crippen LogP contribution < -0.4 is 0 Å². The highest BCUT2D eigenvalue weighted by Crippen LogP contribution is 2.38. The SMILES string of the molecule is C=C(C)C(=O)OCC1CCC(CC2CCC(COC(=O)C(=C)C)CC2)CC1. The third-order valence-corrected chi connectivity index (χ3v) is 6.20. The van der Waals surface area contributed by atoms with E-state index in [-0.39, 0.29) is 11.9 Å².